The van der Waals surface area contributed by atoms with Gasteiger partial charge in [0, 0.05) is 0 Å². The molecule has 0 rings (SSSR count). The van der Waals surface area contributed by atoms with Gasteiger partial charge in [0.2, 0.25) is 0 Å². The van der Waals surface area contributed by atoms with Crippen LogP contribution in [0.1, 0.15) is 135 Å². The lowest BCUT2D eigenvalue weighted by atomic mass is 9.96. The summed E-state index contributed by atoms with van der Waals surface area (Å²) in [5.41, 5.74) is 2.81. The Kier molecular flexibility index (Phi) is 27.2. The molecule has 0 aliphatic heterocycles. The van der Waals surface area contributed by atoms with E-state index in [1.54, 1.807) is 0 Å². The molecule has 0 saturated carbocycles. The number of carboxylic acids is 3. The van der Waals surface area contributed by atoms with Gasteiger partial charge >= 0.3 is 17.9 Å². The second-order valence-corrected chi connectivity index (χ2v) is 10.6. The Labute approximate surface area is 231 Å². The van der Waals surface area contributed by atoms with Crippen LogP contribution in [0.15, 0.2) is 0 Å². The number of aliphatic carboxylic acids is 3. The summed E-state index contributed by atoms with van der Waals surface area (Å²) in [6.07, 6.45) is 23.5. The summed E-state index contributed by atoms with van der Waals surface area (Å²) in [6, 6.07) is 0. The van der Waals surface area contributed by atoms with Crippen molar-refractivity contribution in [2.24, 2.45) is 5.73 Å². The maximum atomic E-state index is 10.3. The van der Waals surface area contributed by atoms with Crippen LogP contribution in [-0.4, -0.2) is 75.5 Å². The highest BCUT2D eigenvalue weighted by molar-refractivity contribution is 5.88. The number of rotatable bonds is 26. The molecule has 9 nitrogen and oxygen atoms in total. The summed E-state index contributed by atoms with van der Waals surface area (Å²) in [5, 5.41) is 33.8. The molecule has 0 aromatic rings. The molecule has 0 aliphatic carbocycles. The van der Waals surface area contributed by atoms with Crippen molar-refractivity contribution < 1.29 is 34.8 Å². The smallest absolute Gasteiger partial charge is 0.336 e. The Hall–Kier alpha value is -1.71. The third-order valence-electron chi connectivity index (χ3n) is 6.67. The maximum Gasteiger partial charge on any atom is 0.336 e. The van der Waals surface area contributed by atoms with Gasteiger partial charge in [-0.15, -0.1) is 0 Å². The molecule has 0 atom stereocenters. The van der Waals surface area contributed by atoms with Gasteiger partial charge in [-0.1, -0.05) is 110 Å². The van der Waals surface area contributed by atoms with E-state index in [0.717, 1.165) is 19.5 Å². The van der Waals surface area contributed by atoms with E-state index >= 15 is 0 Å². The minimum atomic E-state index is -2.74. The van der Waals surface area contributed by atoms with Gasteiger partial charge in [0.25, 0.3) is 0 Å². The normalized spacial score (nSPS) is 11.3. The fraction of sp³-hybridized carbons (Fsp3) is 0.897. The van der Waals surface area contributed by atoms with Crippen molar-refractivity contribution in [3.05, 3.63) is 0 Å². The lowest BCUT2D eigenvalue weighted by Crippen LogP contribution is -2.42. The highest BCUT2D eigenvalue weighted by atomic mass is 16.4. The molecular weight excluding hydrogens is 488 g/mol. The number of unbranched alkanes of at least 4 members (excludes halogenated alkanes) is 16. The van der Waals surface area contributed by atoms with E-state index in [4.69, 9.17) is 26.2 Å². The zero-order chi connectivity index (χ0) is 29.1. The number of nitrogens with two attached hydrogens (primary N) is 1. The number of hydrogen-bond acceptors (Lipinski definition) is 6. The lowest BCUT2D eigenvalue weighted by molar-refractivity contribution is -0.170. The molecule has 0 aromatic heterocycles. The molecule has 9 heteroatoms. The van der Waals surface area contributed by atoms with Crippen molar-refractivity contribution in [3.63, 3.8) is 0 Å². The van der Waals surface area contributed by atoms with Gasteiger partial charge in [0.15, 0.2) is 5.60 Å². The number of carboxylic acid groups (broad SMARTS) is 3. The van der Waals surface area contributed by atoms with E-state index in [-0.39, 0.29) is 0 Å². The summed E-state index contributed by atoms with van der Waals surface area (Å²) >= 11 is 0. The standard InChI is InChI=1S/C23H50N2.C6H8O7/c1-3-4-5-6-7-8-9-10-11-12-13-14-15-16-17-18-19-22-25(2)23-20-21-24;7-3(8)1-6(13,5(11)12)2-4(9)10/h3-24H2,1-2H3;13H,1-2H2,(H,7,8)(H,9,10)(H,11,12). The molecule has 226 valence electrons. The molecule has 0 spiro atoms. The molecular formula is C29H58N2O7. The first-order valence-electron chi connectivity index (χ1n) is 14.9. The predicted octanol–water partition coefficient (Wildman–Crippen LogP) is 5.67. The van der Waals surface area contributed by atoms with Crippen LogP contribution in [0, 0.1) is 0 Å². The van der Waals surface area contributed by atoms with Gasteiger partial charge in [0.05, 0.1) is 12.8 Å². The van der Waals surface area contributed by atoms with E-state index in [0.29, 0.717) is 0 Å². The Morgan fingerprint density at radius 2 is 0.921 bits per heavy atom. The SMILES string of the molecule is CCCCCCCCCCCCCCCCCCCN(C)CCCN.O=C(O)CC(O)(CC(=O)O)C(=O)O. The van der Waals surface area contributed by atoms with Crippen LogP contribution in [-0.2, 0) is 14.4 Å². The van der Waals surface area contributed by atoms with Gasteiger partial charge in [-0.3, -0.25) is 9.59 Å². The molecule has 0 heterocycles. The molecule has 0 amide bonds. The Bertz CT molecular complexity index is 571. The fourth-order valence-corrected chi connectivity index (χ4v) is 4.29. The van der Waals surface area contributed by atoms with Crippen molar-refractivity contribution in [3.8, 4) is 0 Å². The summed E-state index contributed by atoms with van der Waals surface area (Å²) in [5.74, 6) is -5.02. The highest BCUT2D eigenvalue weighted by Gasteiger charge is 2.40. The van der Waals surface area contributed by atoms with Crippen LogP contribution in [0.3, 0.4) is 0 Å². The average molecular weight is 547 g/mol. The minimum absolute atomic E-state index is 0.823. The van der Waals surface area contributed by atoms with Gasteiger partial charge in [0.1, 0.15) is 0 Å². The molecule has 0 unspecified atom stereocenters. The molecule has 0 saturated heterocycles. The quantitative estimate of drug-likeness (QED) is 0.0860. The summed E-state index contributed by atoms with van der Waals surface area (Å²) < 4.78 is 0. The fourth-order valence-electron chi connectivity index (χ4n) is 4.29. The molecule has 0 aromatic carbocycles. The van der Waals surface area contributed by atoms with Gasteiger partial charge < -0.3 is 31.1 Å². The zero-order valence-corrected chi connectivity index (χ0v) is 24.3. The van der Waals surface area contributed by atoms with Gasteiger partial charge in [-0.25, -0.2) is 4.79 Å². The summed E-state index contributed by atoms with van der Waals surface area (Å²) in [6.45, 7) is 5.53. The van der Waals surface area contributed by atoms with E-state index in [2.05, 4.69) is 18.9 Å². The minimum Gasteiger partial charge on any atom is -0.481 e. The van der Waals surface area contributed by atoms with Crippen LogP contribution in [0.4, 0.5) is 0 Å². The van der Waals surface area contributed by atoms with Crippen LogP contribution >= 0.6 is 0 Å². The Morgan fingerprint density at radius 3 is 1.21 bits per heavy atom. The van der Waals surface area contributed by atoms with Gasteiger partial charge in [-0.2, -0.15) is 0 Å². The van der Waals surface area contributed by atoms with Crippen LogP contribution < -0.4 is 5.73 Å². The molecule has 0 aliphatic rings. The summed E-state index contributed by atoms with van der Waals surface area (Å²) in [4.78, 5) is 32.9. The molecule has 38 heavy (non-hydrogen) atoms. The number of hydrogen-bond donors (Lipinski definition) is 5. The monoisotopic (exact) mass is 546 g/mol. The number of carbonyl (C=O) groups is 3. The zero-order valence-electron chi connectivity index (χ0n) is 24.3. The molecule has 6 N–H and O–H groups in total. The lowest BCUT2D eigenvalue weighted by Gasteiger charge is -2.18. The number of nitrogens with zero attached hydrogens (tertiary/aromatic N) is 1. The first kappa shape index (κ1) is 38.4. The van der Waals surface area contributed by atoms with Crippen molar-refractivity contribution >= 4 is 17.9 Å². The van der Waals surface area contributed by atoms with Crippen molar-refractivity contribution in [2.45, 2.75) is 141 Å². The summed E-state index contributed by atoms with van der Waals surface area (Å²) in [7, 11) is 2.22. The Morgan fingerprint density at radius 1 is 0.605 bits per heavy atom. The largest absolute Gasteiger partial charge is 0.481 e. The van der Waals surface area contributed by atoms with Crippen molar-refractivity contribution in [1.29, 1.82) is 0 Å². The van der Waals surface area contributed by atoms with Crippen LogP contribution in [0.5, 0.6) is 0 Å². The van der Waals surface area contributed by atoms with Crippen molar-refractivity contribution in [1.82, 2.24) is 4.90 Å². The third kappa shape index (κ3) is 27.3. The second-order valence-electron chi connectivity index (χ2n) is 10.6. The van der Waals surface area contributed by atoms with Crippen LogP contribution in [0.2, 0.25) is 0 Å². The van der Waals surface area contributed by atoms with Gasteiger partial charge in [-0.05, 0) is 39.5 Å². The molecule has 0 radical (unpaired) electrons. The second kappa shape index (κ2) is 26.9. The average Bonchev–Trinajstić information content (AvgIpc) is 2.84. The maximum absolute atomic E-state index is 10.3. The number of aliphatic hydroxyl groups is 1. The van der Waals surface area contributed by atoms with E-state index < -0.39 is 36.4 Å². The predicted molar refractivity (Wildman–Crippen MR) is 152 cm³/mol. The van der Waals surface area contributed by atoms with Crippen LogP contribution in [0.25, 0.3) is 0 Å². The highest BCUT2D eigenvalue weighted by Crippen LogP contribution is 2.16. The van der Waals surface area contributed by atoms with E-state index in [9.17, 15) is 14.4 Å². The van der Waals surface area contributed by atoms with E-state index in [1.165, 1.54) is 116 Å². The molecule has 0 bridgehead atoms. The van der Waals surface area contributed by atoms with E-state index in [1.807, 2.05) is 0 Å². The van der Waals surface area contributed by atoms with Crippen molar-refractivity contribution in [2.75, 3.05) is 26.7 Å². The topological polar surface area (TPSA) is 161 Å². The Balaban J connectivity index is 0. The first-order chi connectivity index (χ1) is 18.1. The molecule has 0 fully saturated rings. The first-order valence-corrected chi connectivity index (χ1v) is 14.9. The third-order valence-corrected chi connectivity index (χ3v) is 6.67.